The number of imidazole rings is 1. The van der Waals surface area contributed by atoms with Crippen molar-refractivity contribution in [2.45, 2.75) is 34.2 Å². The number of nitrogens with zero attached hydrogens (tertiary/aromatic N) is 2. The molecule has 0 radical (unpaired) electrons. The first-order chi connectivity index (χ1) is 12.8. The molecule has 0 saturated heterocycles. The molecule has 0 saturated carbocycles. The molecule has 142 valence electrons. The van der Waals surface area contributed by atoms with Crippen LogP contribution in [0.15, 0.2) is 24.4 Å². The van der Waals surface area contributed by atoms with E-state index >= 15 is 0 Å². The van der Waals surface area contributed by atoms with Gasteiger partial charge in [0.05, 0.1) is 23.6 Å². The molecule has 0 atom stereocenters. The summed E-state index contributed by atoms with van der Waals surface area (Å²) in [6, 6.07) is 4.89. The first-order valence-corrected chi connectivity index (χ1v) is 8.79. The quantitative estimate of drug-likeness (QED) is 0.645. The largest absolute Gasteiger partial charge is 0.378 e. The summed E-state index contributed by atoms with van der Waals surface area (Å²) < 4.78 is 15.5. The van der Waals surface area contributed by atoms with Gasteiger partial charge in [-0.25, -0.2) is 9.37 Å². The van der Waals surface area contributed by atoms with Crippen LogP contribution in [0.1, 0.15) is 28.1 Å². The molecular formula is C20H24FN5O. The Bertz CT molecular complexity index is 1000. The minimum absolute atomic E-state index is 0.0866. The number of hydrogen-bond acceptors (Lipinski definition) is 4. The minimum Gasteiger partial charge on any atom is -0.378 e. The number of hydrogen-bond donors (Lipinski definition) is 3. The van der Waals surface area contributed by atoms with Crippen LogP contribution < -0.4 is 16.4 Å². The van der Waals surface area contributed by atoms with Crippen molar-refractivity contribution < 1.29 is 9.18 Å². The van der Waals surface area contributed by atoms with Gasteiger partial charge in [-0.15, -0.1) is 0 Å². The normalized spacial score (nSPS) is 11.0. The zero-order valence-corrected chi connectivity index (χ0v) is 16.0. The molecule has 0 fully saturated rings. The summed E-state index contributed by atoms with van der Waals surface area (Å²) in [6.45, 7) is 8.14. The van der Waals surface area contributed by atoms with Gasteiger partial charge in [-0.3, -0.25) is 4.79 Å². The van der Waals surface area contributed by atoms with Gasteiger partial charge in [-0.1, -0.05) is 0 Å². The fourth-order valence-corrected chi connectivity index (χ4v) is 3.18. The van der Waals surface area contributed by atoms with E-state index in [1.54, 1.807) is 0 Å². The average molecular weight is 369 g/mol. The van der Waals surface area contributed by atoms with Gasteiger partial charge in [-0.05, 0) is 62.6 Å². The SMILES string of the molecule is Cc1cc(F)cc(C)c1CNc1cc(NC(=O)CN)cn2c(C)c(C)nc12. The Labute approximate surface area is 157 Å². The third kappa shape index (κ3) is 3.78. The van der Waals surface area contributed by atoms with Crippen LogP contribution in [0.3, 0.4) is 0 Å². The van der Waals surface area contributed by atoms with E-state index in [0.717, 1.165) is 39.4 Å². The molecule has 2 aromatic heterocycles. The van der Waals surface area contributed by atoms with Crippen molar-refractivity contribution in [1.29, 1.82) is 0 Å². The summed E-state index contributed by atoms with van der Waals surface area (Å²) in [5.74, 6) is -0.498. The molecule has 2 heterocycles. The summed E-state index contributed by atoms with van der Waals surface area (Å²) in [5, 5.41) is 6.18. The van der Waals surface area contributed by atoms with Crippen LogP contribution in [0, 0.1) is 33.5 Å². The number of amides is 1. The lowest BCUT2D eigenvalue weighted by atomic mass is 10.0. The molecule has 1 amide bonds. The lowest BCUT2D eigenvalue weighted by molar-refractivity contribution is -0.114. The Morgan fingerprint density at radius 2 is 1.85 bits per heavy atom. The summed E-state index contributed by atoms with van der Waals surface area (Å²) in [4.78, 5) is 16.3. The fourth-order valence-electron chi connectivity index (χ4n) is 3.18. The van der Waals surface area contributed by atoms with Crippen LogP contribution in [0.2, 0.25) is 0 Å². The van der Waals surface area contributed by atoms with Gasteiger partial charge in [-0.2, -0.15) is 0 Å². The number of rotatable bonds is 5. The van der Waals surface area contributed by atoms with Crippen LogP contribution in [-0.2, 0) is 11.3 Å². The summed E-state index contributed by atoms with van der Waals surface area (Å²) >= 11 is 0. The van der Waals surface area contributed by atoms with Gasteiger partial charge in [0.2, 0.25) is 5.91 Å². The van der Waals surface area contributed by atoms with Crippen LogP contribution in [0.5, 0.6) is 0 Å². The Balaban J connectivity index is 2.00. The zero-order valence-electron chi connectivity index (χ0n) is 16.0. The van der Waals surface area contributed by atoms with Gasteiger partial charge in [0.15, 0.2) is 5.65 Å². The van der Waals surface area contributed by atoms with E-state index in [0.29, 0.717) is 12.2 Å². The molecule has 0 unspecified atom stereocenters. The van der Waals surface area contributed by atoms with E-state index in [-0.39, 0.29) is 18.3 Å². The molecule has 0 aliphatic rings. The smallest absolute Gasteiger partial charge is 0.238 e. The fraction of sp³-hybridized carbons (Fsp3) is 0.300. The van der Waals surface area contributed by atoms with E-state index in [1.165, 1.54) is 12.1 Å². The van der Waals surface area contributed by atoms with Crippen molar-refractivity contribution in [2.24, 2.45) is 5.73 Å². The molecular weight excluding hydrogens is 345 g/mol. The Hall–Kier alpha value is -2.93. The van der Waals surface area contributed by atoms with Crippen molar-refractivity contribution in [1.82, 2.24) is 9.38 Å². The first kappa shape index (κ1) is 18.8. The van der Waals surface area contributed by atoms with E-state index in [2.05, 4.69) is 15.6 Å². The Morgan fingerprint density at radius 1 is 1.19 bits per heavy atom. The number of carbonyl (C=O) groups is 1. The molecule has 0 aliphatic carbocycles. The second-order valence-corrected chi connectivity index (χ2v) is 6.74. The molecule has 7 heteroatoms. The predicted molar refractivity (Wildman–Crippen MR) is 106 cm³/mol. The van der Waals surface area contributed by atoms with Gasteiger partial charge in [0, 0.05) is 18.4 Å². The third-order valence-corrected chi connectivity index (χ3v) is 4.78. The van der Waals surface area contributed by atoms with Crippen LogP contribution in [-0.4, -0.2) is 21.8 Å². The molecule has 27 heavy (non-hydrogen) atoms. The molecule has 4 N–H and O–H groups in total. The number of nitrogens with two attached hydrogens (primary N) is 1. The van der Waals surface area contributed by atoms with E-state index in [4.69, 9.17) is 5.73 Å². The Morgan fingerprint density at radius 3 is 2.48 bits per heavy atom. The van der Waals surface area contributed by atoms with Crippen LogP contribution in [0.25, 0.3) is 5.65 Å². The van der Waals surface area contributed by atoms with Gasteiger partial charge in [0.1, 0.15) is 5.82 Å². The lowest BCUT2D eigenvalue weighted by Crippen LogP contribution is -2.22. The molecule has 0 aliphatic heterocycles. The number of halogens is 1. The average Bonchev–Trinajstić information content (AvgIpc) is 2.89. The standard InChI is InChI=1S/C20H24FN5O/c1-11-5-15(21)6-12(2)17(11)9-23-18-7-16(25-19(27)8-22)10-26-14(4)13(3)24-20(18)26/h5-7,10,23H,8-9,22H2,1-4H3,(H,25,27). The second-order valence-electron chi connectivity index (χ2n) is 6.74. The predicted octanol–water partition coefficient (Wildman–Crippen LogP) is 3.22. The topological polar surface area (TPSA) is 84.4 Å². The summed E-state index contributed by atoms with van der Waals surface area (Å²) in [7, 11) is 0. The highest BCUT2D eigenvalue weighted by Gasteiger charge is 2.13. The summed E-state index contributed by atoms with van der Waals surface area (Å²) in [5.41, 5.74) is 12.3. The van der Waals surface area contributed by atoms with E-state index < -0.39 is 0 Å². The molecule has 0 spiro atoms. The number of benzene rings is 1. The number of pyridine rings is 1. The minimum atomic E-state index is -0.264. The number of carbonyl (C=O) groups excluding carboxylic acids is 1. The summed E-state index contributed by atoms with van der Waals surface area (Å²) in [6.07, 6.45) is 1.83. The van der Waals surface area contributed by atoms with Crippen molar-refractivity contribution in [2.75, 3.05) is 17.2 Å². The number of anilines is 2. The van der Waals surface area contributed by atoms with Gasteiger partial charge < -0.3 is 20.8 Å². The highest BCUT2D eigenvalue weighted by atomic mass is 19.1. The van der Waals surface area contributed by atoms with E-state index in [1.807, 2.05) is 44.4 Å². The van der Waals surface area contributed by atoms with E-state index in [9.17, 15) is 9.18 Å². The monoisotopic (exact) mass is 369 g/mol. The molecule has 6 nitrogen and oxygen atoms in total. The maximum absolute atomic E-state index is 13.6. The first-order valence-electron chi connectivity index (χ1n) is 8.79. The van der Waals surface area contributed by atoms with Crippen LogP contribution >= 0.6 is 0 Å². The van der Waals surface area contributed by atoms with Crippen molar-refractivity contribution >= 4 is 22.9 Å². The molecule has 3 rings (SSSR count). The highest BCUT2D eigenvalue weighted by molar-refractivity contribution is 5.93. The number of nitrogens with one attached hydrogen (secondary N) is 2. The number of aryl methyl sites for hydroxylation is 4. The van der Waals surface area contributed by atoms with Crippen molar-refractivity contribution in [3.63, 3.8) is 0 Å². The Kier molecular flexibility index (Phi) is 5.14. The van der Waals surface area contributed by atoms with Gasteiger partial charge in [0.25, 0.3) is 0 Å². The third-order valence-electron chi connectivity index (χ3n) is 4.78. The lowest BCUT2D eigenvalue weighted by Gasteiger charge is -2.15. The maximum Gasteiger partial charge on any atom is 0.238 e. The maximum atomic E-state index is 13.6. The van der Waals surface area contributed by atoms with Crippen molar-refractivity contribution in [3.05, 3.63) is 58.3 Å². The molecule has 1 aromatic carbocycles. The zero-order chi connectivity index (χ0) is 19.7. The highest BCUT2D eigenvalue weighted by Crippen LogP contribution is 2.26. The molecule has 0 bridgehead atoms. The second kappa shape index (κ2) is 7.36. The van der Waals surface area contributed by atoms with Gasteiger partial charge >= 0.3 is 0 Å². The van der Waals surface area contributed by atoms with Crippen LogP contribution in [0.4, 0.5) is 15.8 Å². The number of fused-ring (bicyclic) bond motifs is 1. The molecule has 3 aromatic rings. The number of aromatic nitrogens is 2. The van der Waals surface area contributed by atoms with Crippen molar-refractivity contribution in [3.8, 4) is 0 Å².